The van der Waals surface area contributed by atoms with Gasteiger partial charge >= 0.3 is 5.97 Å². The van der Waals surface area contributed by atoms with Crippen molar-refractivity contribution in [2.45, 2.75) is 23.8 Å². The fraction of sp³-hybridized carbons (Fsp3) is 0.364. The topological polar surface area (TPSA) is 101 Å². The quantitative estimate of drug-likeness (QED) is 0.801. The molecule has 1 aromatic carbocycles. The summed E-state index contributed by atoms with van der Waals surface area (Å²) in [4.78, 5) is 11.0. The van der Waals surface area contributed by atoms with Crippen LogP contribution >= 0.6 is 15.9 Å². The highest BCUT2D eigenvalue weighted by Gasteiger charge is 2.40. The van der Waals surface area contributed by atoms with E-state index in [4.69, 9.17) is 10.8 Å². The number of anilines is 1. The average Bonchev–Trinajstić information content (AvgIpc) is 2.77. The maximum Gasteiger partial charge on any atom is 0.322 e. The van der Waals surface area contributed by atoms with Crippen molar-refractivity contribution in [2.24, 2.45) is 0 Å². The van der Waals surface area contributed by atoms with Crippen LogP contribution in [0, 0.1) is 0 Å². The number of hydrogen-bond donors (Lipinski definition) is 2. The molecule has 1 aliphatic rings. The van der Waals surface area contributed by atoms with Gasteiger partial charge in [0.05, 0.1) is 5.69 Å². The van der Waals surface area contributed by atoms with Crippen LogP contribution in [0.5, 0.6) is 0 Å². The Kier molecular flexibility index (Phi) is 3.84. The normalized spacial score (nSPS) is 20.6. The molecule has 104 valence electrons. The Labute approximate surface area is 119 Å². The summed E-state index contributed by atoms with van der Waals surface area (Å²) < 4.78 is 26.6. The van der Waals surface area contributed by atoms with Crippen LogP contribution in [0.4, 0.5) is 5.69 Å². The molecule has 0 aliphatic carbocycles. The van der Waals surface area contributed by atoms with Crippen molar-refractivity contribution in [3.63, 3.8) is 0 Å². The van der Waals surface area contributed by atoms with E-state index in [0.717, 1.165) is 4.31 Å². The molecule has 19 heavy (non-hydrogen) atoms. The second kappa shape index (κ2) is 5.10. The third kappa shape index (κ3) is 2.60. The maximum absolute atomic E-state index is 12.4. The first-order valence-electron chi connectivity index (χ1n) is 5.63. The van der Waals surface area contributed by atoms with Gasteiger partial charge in [0.2, 0.25) is 10.0 Å². The molecule has 1 atom stereocenters. The van der Waals surface area contributed by atoms with Crippen LogP contribution in [0.15, 0.2) is 27.6 Å². The number of carbonyl (C=O) groups is 1. The SMILES string of the molecule is Nc1cc(Br)ccc1S(=O)(=O)N1CCCC1C(=O)O. The molecule has 3 N–H and O–H groups in total. The van der Waals surface area contributed by atoms with Gasteiger partial charge in [-0.25, -0.2) is 8.42 Å². The number of halogens is 1. The van der Waals surface area contributed by atoms with E-state index in [9.17, 15) is 13.2 Å². The monoisotopic (exact) mass is 348 g/mol. The van der Waals surface area contributed by atoms with E-state index in [2.05, 4.69) is 15.9 Å². The van der Waals surface area contributed by atoms with Crippen molar-refractivity contribution in [3.05, 3.63) is 22.7 Å². The van der Waals surface area contributed by atoms with Crippen LogP contribution < -0.4 is 5.73 Å². The van der Waals surface area contributed by atoms with Crippen LogP contribution in [-0.4, -0.2) is 36.4 Å². The first-order valence-corrected chi connectivity index (χ1v) is 7.87. The largest absolute Gasteiger partial charge is 0.480 e. The van der Waals surface area contributed by atoms with Gasteiger partial charge in [-0.2, -0.15) is 4.31 Å². The van der Waals surface area contributed by atoms with Gasteiger partial charge in [0.15, 0.2) is 0 Å². The molecule has 2 rings (SSSR count). The minimum atomic E-state index is -3.87. The van der Waals surface area contributed by atoms with E-state index in [1.807, 2.05) is 0 Å². The summed E-state index contributed by atoms with van der Waals surface area (Å²) in [6.07, 6.45) is 0.859. The van der Waals surface area contributed by atoms with Crippen LogP contribution in [0.25, 0.3) is 0 Å². The smallest absolute Gasteiger partial charge is 0.322 e. The highest BCUT2D eigenvalue weighted by Crippen LogP contribution is 2.30. The van der Waals surface area contributed by atoms with Gasteiger partial charge in [-0.05, 0) is 31.0 Å². The molecular weight excluding hydrogens is 336 g/mol. The molecule has 8 heteroatoms. The zero-order valence-electron chi connectivity index (χ0n) is 9.91. The van der Waals surface area contributed by atoms with E-state index in [1.165, 1.54) is 12.1 Å². The van der Waals surface area contributed by atoms with Gasteiger partial charge < -0.3 is 10.8 Å². The molecule has 1 unspecified atom stereocenters. The summed E-state index contributed by atoms with van der Waals surface area (Å²) >= 11 is 3.20. The van der Waals surface area contributed by atoms with Gasteiger partial charge in [-0.3, -0.25) is 4.79 Å². The van der Waals surface area contributed by atoms with Crippen LogP contribution in [0.2, 0.25) is 0 Å². The van der Waals surface area contributed by atoms with Crippen molar-refractivity contribution in [1.82, 2.24) is 4.31 Å². The van der Waals surface area contributed by atoms with E-state index in [-0.39, 0.29) is 17.1 Å². The Morgan fingerprint density at radius 1 is 1.47 bits per heavy atom. The lowest BCUT2D eigenvalue weighted by molar-refractivity contribution is -0.140. The molecular formula is C11H13BrN2O4S. The van der Waals surface area contributed by atoms with Crippen molar-refractivity contribution in [2.75, 3.05) is 12.3 Å². The maximum atomic E-state index is 12.4. The number of carboxylic acids is 1. The third-order valence-corrected chi connectivity index (χ3v) is 5.52. The zero-order chi connectivity index (χ0) is 14.2. The minimum absolute atomic E-state index is 0.0520. The molecule has 1 saturated heterocycles. The second-order valence-corrected chi connectivity index (χ2v) is 7.07. The van der Waals surface area contributed by atoms with E-state index < -0.39 is 22.0 Å². The molecule has 0 saturated carbocycles. The summed E-state index contributed by atoms with van der Waals surface area (Å²) in [7, 11) is -3.87. The predicted molar refractivity (Wildman–Crippen MR) is 73.1 cm³/mol. The van der Waals surface area contributed by atoms with Gasteiger partial charge in [-0.1, -0.05) is 15.9 Å². The molecule has 1 fully saturated rings. The van der Waals surface area contributed by atoms with Gasteiger partial charge in [0, 0.05) is 11.0 Å². The third-order valence-electron chi connectivity index (χ3n) is 3.05. The Hall–Kier alpha value is -1.12. The summed E-state index contributed by atoms with van der Waals surface area (Å²) in [5.41, 5.74) is 5.82. The summed E-state index contributed by atoms with van der Waals surface area (Å²) in [5, 5.41) is 9.06. The Morgan fingerprint density at radius 2 is 2.16 bits per heavy atom. The van der Waals surface area contributed by atoms with E-state index in [0.29, 0.717) is 17.3 Å². The van der Waals surface area contributed by atoms with Crippen molar-refractivity contribution < 1.29 is 18.3 Å². The fourth-order valence-corrected chi connectivity index (χ4v) is 4.28. The molecule has 0 aromatic heterocycles. The molecule has 1 heterocycles. The number of hydrogen-bond acceptors (Lipinski definition) is 4. The average molecular weight is 349 g/mol. The standard InChI is InChI=1S/C11H13BrN2O4S/c12-7-3-4-10(8(13)6-7)19(17,18)14-5-1-2-9(14)11(15)16/h3-4,6,9H,1-2,5,13H2,(H,15,16). The highest BCUT2D eigenvalue weighted by atomic mass is 79.9. The Bertz CT molecular complexity index is 617. The molecule has 0 bridgehead atoms. The molecule has 1 aromatic rings. The summed E-state index contributed by atoms with van der Waals surface area (Å²) in [6, 6.07) is 3.42. The van der Waals surface area contributed by atoms with Crippen LogP contribution in [-0.2, 0) is 14.8 Å². The van der Waals surface area contributed by atoms with Crippen molar-refractivity contribution >= 4 is 37.6 Å². The summed E-state index contributed by atoms with van der Waals surface area (Å²) in [5.74, 6) is -1.13. The van der Waals surface area contributed by atoms with Gasteiger partial charge in [-0.15, -0.1) is 0 Å². The number of benzene rings is 1. The van der Waals surface area contributed by atoms with Gasteiger partial charge in [0.25, 0.3) is 0 Å². The number of aliphatic carboxylic acids is 1. The lowest BCUT2D eigenvalue weighted by Crippen LogP contribution is -2.40. The summed E-state index contributed by atoms with van der Waals surface area (Å²) in [6.45, 7) is 0.203. The van der Waals surface area contributed by atoms with Crippen molar-refractivity contribution in [1.29, 1.82) is 0 Å². The Morgan fingerprint density at radius 3 is 2.74 bits per heavy atom. The number of nitrogen functional groups attached to an aromatic ring is 1. The second-order valence-electron chi connectivity index (χ2n) is 4.29. The minimum Gasteiger partial charge on any atom is -0.480 e. The number of nitrogens with two attached hydrogens (primary N) is 1. The number of rotatable bonds is 3. The first kappa shape index (κ1) is 14.3. The molecule has 0 radical (unpaired) electrons. The lowest BCUT2D eigenvalue weighted by atomic mass is 10.2. The van der Waals surface area contributed by atoms with Crippen LogP contribution in [0.1, 0.15) is 12.8 Å². The number of nitrogens with zero attached hydrogens (tertiary/aromatic N) is 1. The van der Waals surface area contributed by atoms with Gasteiger partial charge in [0.1, 0.15) is 10.9 Å². The van der Waals surface area contributed by atoms with Crippen molar-refractivity contribution in [3.8, 4) is 0 Å². The number of sulfonamides is 1. The molecule has 1 aliphatic heterocycles. The lowest BCUT2D eigenvalue weighted by Gasteiger charge is -2.21. The van der Waals surface area contributed by atoms with E-state index >= 15 is 0 Å². The van der Waals surface area contributed by atoms with Crippen LogP contribution in [0.3, 0.4) is 0 Å². The highest BCUT2D eigenvalue weighted by molar-refractivity contribution is 9.10. The zero-order valence-corrected chi connectivity index (χ0v) is 12.3. The molecule has 0 amide bonds. The van der Waals surface area contributed by atoms with E-state index in [1.54, 1.807) is 6.07 Å². The molecule has 0 spiro atoms. The number of carboxylic acid groups (broad SMARTS) is 1. The Balaban J connectivity index is 2.45. The predicted octanol–water partition coefficient (Wildman–Crippen LogP) is 1.27. The molecule has 6 nitrogen and oxygen atoms in total. The fourth-order valence-electron chi connectivity index (χ4n) is 2.16. The first-order chi connectivity index (χ1) is 8.84.